The van der Waals surface area contributed by atoms with E-state index in [9.17, 15) is 4.39 Å². The predicted molar refractivity (Wildman–Crippen MR) is 75.0 cm³/mol. The Kier molecular flexibility index (Phi) is 4.09. The Morgan fingerprint density at radius 2 is 2.00 bits per heavy atom. The maximum atomic E-state index is 13.2. The summed E-state index contributed by atoms with van der Waals surface area (Å²) < 4.78 is 13.2. The monoisotopic (exact) mass is 254 g/mol. The highest BCUT2D eigenvalue weighted by molar-refractivity contribution is 7.80. The van der Waals surface area contributed by atoms with Crippen molar-refractivity contribution in [1.29, 1.82) is 0 Å². The first-order chi connectivity index (χ1) is 7.70. The molecule has 1 aromatic rings. The average molecular weight is 254 g/mol. The zero-order valence-corrected chi connectivity index (χ0v) is 11.6. The van der Waals surface area contributed by atoms with Crippen LogP contribution in [0.2, 0.25) is 0 Å². The number of hydrogen-bond donors (Lipinski definition) is 1. The second-order valence-corrected chi connectivity index (χ2v) is 5.88. The summed E-state index contributed by atoms with van der Waals surface area (Å²) >= 11 is 4.95. The lowest BCUT2D eigenvalue weighted by atomic mass is 9.95. The van der Waals surface area contributed by atoms with Gasteiger partial charge in [0.25, 0.3) is 0 Å². The highest BCUT2D eigenvalue weighted by atomic mass is 32.1. The summed E-state index contributed by atoms with van der Waals surface area (Å²) in [5.41, 5.74) is 7.23. The van der Waals surface area contributed by atoms with Gasteiger partial charge in [0.05, 0.1) is 0 Å². The van der Waals surface area contributed by atoms with Crippen LogP contribution in [0.25, 0.3) is 0 Å². The van der Waals surface area contributed by atoms with Crippen LogP contribution in [0.15, 0.2) is 18.2 Å². The molecule has 0 aliphatic carbocycles. The second-order valence-electron chi connectivity index (χ2n) is 5.44. The fraction of sp³-hybridized carbons (Fsp3) is 0.462. The van der Waals surface area contributed by atoms with Crippen LogP contribution in [0.5, 0.6) is 0 Å². The molecular formula is C13H19FN2S. The molecule has 0 saturated carbocycles. The topological polar surface area (TPSA) is 29.3 Å². The van der Waals surface area contributed by atoms with Crippen molar-refractivity contribution in [3.63, 3.8) is 0 Å². The minimum atomic E-state index is -0.319. The Bertz CT molecular complexity index is 424. The second kappa shape index (κ2) is 5.00. The number of hydrogen-bond acceptors (Lipinski definition) is 2. The Morgan fingerprint density at radius 1 is 1.41 bits per heavy atom. The molecule has 94 valence electrons. The standard InChI is InChI=1S/C13H19FN2S/c1-13(2,3)8-16(4)11-6-5-9(14)7-10(11)12(15)17/h5-7H,8H2,1-4H3,(H2,15,17). The summed E-state index contributed by atoms with van der Waals surface area (Å²) in [7, 11) is 1.96. The van der Waals surface area contributed by atoms with E-state index in [1.807, 2.05) is 11.9 Å². The van der Waals surface area contributed by atoms with Gasteiger partial charge in [-0.15, -0.1) is 0 Å². The van der Waals surface area contributed by atoms with Crippen LogP contribution < -0.4 is 10.6 Å². The molecule has 0 aliphatic rings. The van der Waals surface area contributed by atoms with E-state index in [0.717, 1.165) is 12.2 Å². The number of nitrogens with zero attached hydrogens (tertiary/aromatic N) is 1. The zero-order valence-electron chi connectivity index (χ0n) is 10.7. The van der Waals surface area contributed by atoms with E-state index in [1.165, 1.54) is 12.1 Å². The highest BCUT2D eigenvalue weighted by Crippen LogP contribution is 2.24. The van der Waals surface area contributed by atoms with Gasteiger partial charge >= 0.3 is 0 Å². The fourth-order valence-corrected chi connectivity index (χ4v) is 2.00. The van der Waals surface area contributed by atoms with Gasteiger partial charge in [0.2, 0.25) is 0 Å². The van der Waals surface area contributed by atoms with Gasteiger partial charge in [-0.2, -0.15) is 0 Å². The van der Waals surface area contributed by atoms with E-state index in [2.05, 4.69) is 20.8 Å². The van der Waals surface area contributed by atoms with Gasteiger partial charge in [0, 0.05) is 24.8 Å². The number of rotatable bonds is 3. The minimum absolute atomic E-state index is 0.149. The summed E-state index contributed by atoms with van der Waals surface area (Å²) in [5.74, 6) is -0.319. The maximum Gasteiger partial charge on any atom is 0.124 e. The molecule has 0 bridgehead atoms. The van der Waals surface area contributed by atoms with E-state index in [1.54, 1.807) is 6.07 Å². The van der Waals surface area contributed by atoms with Crippen molar-refractivity contribution in [3.05, 3.63) is 29.6 Å². The van der Waals surface area contributed by atoms with Crippen LogP contribution in [-0.2, 0) is 0 Å². The SMILES string of the molecule is CN(CC(C)(C)C)c1ccc(F)cc1C(N)=S. The van der Waals surface area contributed by atoms with Gasteiger partial charge in [0.15, 0.2) is 0 Å². The number of benzene rings is 1. The van der Waals surface area contributed by atoms with Gasteiger partial charge in [-0.3, -0.25) is 0 Å². The summed E-state index contributed by atoms with van der Waals surface area (Å²) in [4.78, 5) is 2.27. The minimum Gasteiger partial charge on any atom is -0.389 e. The summed E-state index contributed by atoms with van der Waals surface area (Å²) in [5, 5.41) is 0. The first-order valence-electron chi connectivity index (χ1n) is 5.51. The molecule has 0 aliphatic heterocycles. The van der Waals surface area contributed by atoms with Gasteiger partial charge in [-0.25, -0.2) is 4.39 Å². The number of thiocarbonyl (C=S) groups is 1. The van der Waals surface area contributed by atoms with Crippen molar-refractivity contribution in [2.75, 3.05) is 18.5 Å². The molecule has 4 heteroatoms. The quantitative estimate of drug-likeness (QED) is 0.841. The molecule has 1 aromatic carbocycles. The molecule has 0 heterocycles. The number of anilines is 1. The smallest absolute Gasteiger partial charge is 0.124 e. The zero-order chi connectivity index (χ0) is 13.2. The van der Waals surface area contributed by atoms with Crippen LogP contribution in [0, 0.1) is 11.2 Å². The first kappa shape index (κ1) is 13.9. The van der Waals surface area contributed by atoms with Crippen molar-refractivity contribution in [1.82, 2.24) is 0 Å². The van der Waals surface area contributed by atoms with Gasteiger partial charge < -0.3 is 10.6 Å². The molecule has 0 radical (unpaired) electrons. The summed E-state index contributed by atoms with van der Waals surface area (Å²) in [6.45, 7) is 7.28. The molecule has 0 spiro atoms. The van der Waals surface area contributed by atoms with Crippen molar-refractivity contribution in [2.24, 2.45) is 11.1 Å². The Labute approximate surface area is 108 Å². The van der Waals surface area contributed by atoms with Crippen LogP contribution in [0.3, 0.4) is 0 Å². The van der Waals surface area contributed by atoms with Gasteiger partial charge in [-0.05, 0) is 23.6 Å². The van der Waals surface area contributed by atoms with Crippen molar-refractivity contribution in [3.8, 4) is 0 Å². The first-order valence-corrected chi connectivity index (χ1v) is 5.92. The molecule has 17 heavy (non-hydrogen) atoms. The molecule has 0 fully saturated rings. The van der Waals surface area contributed by atoms with Crippen LogP contribution >= 0.6 is 12.2 Å². The molecule has 0 aromatic heterocycles. The van der Waals surface area contributed by atoms with Gasteiger partial charge in [-0.1, -0.05) is 33.0 Å². The van der Waals surface area contributed by atoms with E-state index >= 15 is 0 Å². The summed E-state index contributed by atoms with van der Waals surface area (Å²) in [6, 6.07) is 4.53. The van der Waals surface area contributed by atoms with Crippen LogP contribution in [-0.4, -0.2) is 18.6 Å². The molecule has 2 N–H and O–H groups in total. The van der Waals surface area contributed by atoms with E-state index in [0.29, 0.717) is 5.56 Å². The molecular weight excluding hydrogens is 235 g/mol. The fourth-order valence-electron chi connectivity index (χ4n) is 1.84. The lowest BCUT2D eigenvalue weighted by Crippen LogP contribution is -2.30. The highest BCUT2D eigenvalue weighted by Gasteiger charge is 2.17. The number of nitrogens with two attached hydrogens (primary N) is 1. The third-order valence-electron chi connectivity index (χ3n) is 2.35. The lowest BCUT2D eigenvalue weighted by molar-refractivity contribution is 0.419. The molecule has 0 amide bonds. The molecule has 0 atom stereocenters. The lowest BCUT2D eigenvalue weighted by Gasteiger charge is -2.29. The maximum absolute atomic E-state index is 13.2. The third-order valence-corrected chi connectivity index (χ3v) is 2.57. The molecule has 0 saturated heterocycles. The average Bonchev–Trinajstić information content (AvgIpc) is 2.14. The Balaban J connectivity index is 3.09. The molecule has 0 unspecified atom stereocenters. The van der Waals surface area contributed by atoms with Crippen molar-refractivity contribution in [2.45, 2.75) is 20.8 Å². The predicted octanol–water partition coefficient (Wildman–Crippen LogP) is 2.94. The molecule has 1 rings (SSSR count). The Morgan fingerprint density at radius 3 is 2.47 bits per heavy atom. The van der Waals surface area contributed by atoms with E-state index in [4.69, 9.17) is 18.0 Å². The van der Waals surface area contributed by atoms with E-state index in [-0.39, 0.29) is 16.2 Å². The normalized spacial score (nSPS) is 11.4. The third kappa shape index (κ3) is 3.97. The van der Waals surface area contributed by atoms with Crippen molar-refractivity contribution >= 4 is 22.9 Å². The largest absolute Gasteiger partial charge is 0.389 e. The van der Waals surface area contributed by atoms with Crippen molar-refractivity contribution < 1.29 is 4.39 Å². The number of halogens is 1. The Hall–Kier alpha value is -1.16. The molecule has 2 nitrogen and oxygen atoms in total. The van der Waals surface area contributed by atoms with Gasteiger partial charge in [0.1, 0.15) is 10.8 Å². The van der Waals surface area contributed by atoms with Crippen LogP contribution in [0.4, 0.5) is 10.1 Å². The van der Waals surface area contributed by atoms with E-state index < -0.39 is 0 Å². The van der Waals surface area contributed by atoms with Crippen LogP contribution in [0.1, 0.15) is 26.3 Å². The summed E-state index contributed by atoms with van der Waals surface area (Å²) in [6.07, 6.45) is 0.